The van der Waals surface area contributed by atoms with Gasteiger partial charge in [-0.05, 0) is 49.8 Å². The molecule has 8 heteroatoms. The van der Waals surface area contributed by atoms with Crippen LogP contribution in [-0.4, -0.2) is 49.6 Å². The molecule has 1 aliphatic carbocycles. The van der Waals surface area contributed by atoms with Gasteiger partial charge < -0.3 is 25.2 Å². The fourth-order valence-electron chi connectivity index (χ4n) is 4.28. The summed E-state index contributed by atoms with van der Waals surface area (Å²) >= 11 is 0. The first-order valence-electron chi connectivity index (χ1n) is 12.1. The number of anilines is 4. The van der Waals surface area contributed by atoms with E-state index in [0.29, 0.717) is 29.1 Å². The van der Waals surface area contributed by atoms with Crippen LogP contribution in [0.3, 0.4) is 0 Å². The number of nitrogens with one attached hydrogen (secondary N) is 2. The second-order valence-electron chi connectivity index (χ2n) is 9.54. The number of hydrogen-bond acceptors (Lipinski definition) is 6. The van der Waals surface area contributed by atoms with E-state index in [0.717, 1.165) is 49.3 Å². The summed E-state index contributed by atoms with van der Waals surface area (Å²) in [5, 5.41) is 6.34. The van der Waals surface area contributed by atoms with Gasteiger partial charge in [0.25, 0.3) is 5.91 Å². The summed E-state index contributed by atoms with van der Waals surface area (Å²) in [4.78, 5) is 33.9. The molecule has 0 radical (unpaired) electrons. The van der Waals surface area contributed by atoms with Gasteiger partial charge in [-0.3, -0.25) is 9.59 Å². The Morgan fingerprint density at radius 3 is 2.65 bits per heavy atom. The first-order valence-corrected chi connectivity index (χ1v) is 12.1. The van der Waals surface area contributed by atoms with Crippen molar-refractivity contribution in [1.29, 1.82) is 0 Å². The molecule has 182 valence electrons. The summed E-state index contributed by atoms with van der Waals surface area (Å²) in [6.07, 6.45) is 5.56. The topological polar surface area (TPSA) is 86.8 Å². The van der Waals surface area contributed by atoms with E-state index >= 15 is 0 Å². The molecule has 2 heterocycles. The van der Waals surface area contributed by atoms with Gasteiger partial charge in [-0.2, -0.15) is 0 Å². The molecular weight excluding hydrogens is 430 g/mol. The molecule has 2 aliphatic rings. The highest BCUT2D eigenvalue weighted by atomic mass is 16.5. The molecule has 0 bridgehead atoms. The maximum absolute atomic E-state index is 13.0. The summed E-state index contributed by atoms with van der Waals surface area (Å²) in [6, 6.07) is 7.47. The van der Waals surface area contributed by atoms with Crippen LogP contribution < -0.4 is 25.2 Å². The van der Waals surface area contributed by atoms with Crippen LogP contribution in [0.25, 0.3) is 0 Å². The van der Waals surface area contributed by atoms with E-state index in [1.54, 1.807) is 30.3 Å². The Hall–Kier alpha value is -3.29. The number of hydrogen-bond donors (Lipinski definition) is 2. The third-order valence-corrected chi connectivity index (χ3v) is 6.50. The van der Waals surface area contributed by atoms with Gasteiger partial charge in [0.15, 0.2) is 0 Å². The molecule has 2 aromatic rings. The number of amides is 2. The number of carbonyl (C=O) groups is 2. The number of methoxy groups -OCH3 is 1. The number of benzene rings is 1. The van der Waals surface area contributed by atoms with Crippen molar-refractivity contribution in [1.82, 2.24) is 10.3 Å². The van der Waals surface area contributed by atoms with Crippen molar-refractivity contribution in [2.75, 3.05) is 35.8 Å². The van der Waals surface area contributed by atoms with Crippen LogP contribution in [0.5, 0.6) is 5.75 Å². The van der Waals surface area contributed by atoms with Crippen LogP contribution in [0.4, 0.5) is 22.9 Å². The second kappa shape index (κ2) is 9.91. The summed E-state index contributed by atoms with van der Waals surface area (Å²) in [5.41, 5.74) is 3.09. The van der Waals surface area contributed by atoms with Crippen molar-refractivity contribution in [2.45, 2.75) is 58.5 Å². The van der Waals surface area contributed by atoms with Gasteiger partial charge in [-0.25, -0.2) is 4.98 Å². The second-order valence-corrected chi connectivity index (χ2v) is 9.54. The molecule has 1 saturated carbocycles. The lowest BCUT2D eigenvalue weighted by Gasteiger charge is -2.41. The molecule has 2 N–H and O–H groups in total. The largest absolute Gasteiger partial charge is 0.495 e. The number of rotatable bonds is 9. The Morgan fingerprint density at radius 1 is 1.24 bits per heavy atom. The molecule has 4 rings (SSSR count). The Bertz CT molecular complexity index is 1070. The molecular formula is C26H35N5O3. The van der Waals surface area contributed by atoms with Gasteiger partial charge in [0.05, 0.1) is 30.4 Å². The van der Waals surface area contributed by atoms with Crippen molar-refractivity contribution < 1.29 is 14.3 Å². The number of carbonyl (C=O) groups excluding carboxylic acids is 2. The van der Waals surface area contributed by atoms with Gasteiger partial charge in [0.2, 0.25) is 5.91 Å². The van der Waals surface area contributed by atoms with Crippen molar-refractivity contribution in [3.8, 4) is 5.75 Å². The minimum absolute atomic E-state index is 0.0849. The Kier molecular flexibility index (Phi) is 6.95. The number of nitrogens with zero attached hydrogens (tertiary/aromatic N) is 3. The quantitative estimate of drug-likeness (QED) is 0.573. The lowest BCUT2D eigenvalue weighted by Crippen LogP contribution is -2.52. The molecule has 0 spiro atoms. The van der Waals surface area contributed by atoms with Gasteiger partial charge >= 0.3 is 0 Å². The first-order chi connectivity index (χ1) is 16.3. The predicted molar refractivity (Wildman–Crippen MR) is 135 cm³/mol. The van der Waals surface area contributed by atoms with Gasteiger partial charge in [-0.15, -0.1) is 0 Å². The van der Waals surface area contributed by atoms with E-state index in [4.69, 9.17) is 4.74 Å². The van der Waals surface area contributed by atoms with Crippen molar-refractivity contribution in [3.05, 3.63) is 36.0 Å². The van der Waals surface area contributed by atoms with Gasteiger partial charge in [0, 0.05) is 31.3 Å². The summed E-state index contributed by atoms with van der Waals surface area (Å²) < 4.78 is 5.56. The Balaban J connectivity index is 1.62. The SMILES string of the molecule is CCC1C(=O)N(C)c2cnc(Nc3ccc(C(=O)NC4CC4)cc3OC)cc2N1CCC(C)C. The summed E-state index contributed by atoms with van der Waals surface area (Å²) in [6.45, 7) is 7.25. The third-order valence-electron chi connectivity index (χ3n) is 6.50. The van der Waals surface area contributed by atoms with Crippen LogP contribution in [0.1, 0.15) is 56.8 Å². The summed E-state index contributed by atoms with van der Waals surface area (Å²) in [7, 11) is 3.40. The lowest BCUT2D eigenvalue weighted by molar-refractivity contribution is -0.120. The first kappa shape index (κ1) is 23.9. The number of likely N-dealkylation sites (N-methyl/N-ethyl adjacent to an activating group) is 1. The molecule has 0 saturated heterocycles. The Morgan fingerprint density at radius 2 is 2.00 bits per heavy atom. The van der Waals surface area contributed by atoms with E-state index < -0.39 is 0 Å². The van der Waals surface area contributed by atoms with Gasteiger partial charge in [-0.1, -0.05) is 20.8 Å². The average molecular weight is 466 g/mol. The van der Waals surface area contributed by atoms with E-state index in [1.165, 1.54) is 0 Å². The minimum Gasteiger partial charge on any atom is -0.495 e. The van der Waals surface area contributed by atoms with Crippen LogP contribution in [0.2, 0.25) is 0 Å². The van der Waals surface area contributed by atoms with Gasteiger partial charge in [0.1, 0.15) is 17.6 Å². The average Bonchev–Trinajstić information content (AvgIpc) is 3.64. The molecule has 1 aromatic carbocycles. The van der Waals surface area contributed by atoms with Crippen LogP contribution in [-0.2, 0) is 4.79 Å². The molecule has 1 fully saturated rings. The normalized spacial score (nSPS) is 17.6. The maximum Gasteiger partial charge on any atom is 0.251 e. The molecule has 8 nitrogen and oxygen atoms in total. The number of ether oxygens (including phenoxy) is 1. The third kappa shape index (κ3) is 4.95. The Labute approximate surface area is 201 Å². The molecule has 2 amide bonds. The standard InChI is InChI=1S/C26H35N5O3/c1-6-20-26(33)30(4)22-15-27-24(14-21(22)31(20)12-11-16(2)3)29-19-10-7-17(13-23(19)34-5)25(32)28-18-8-9-18/h7,10,13-16,18,20H,6,8-9,11-12H2,1-5H3,(H,27,29)(H,28,32). The van der Waals surface area contributed by atoms with Crippen LogP contribution in [0, 0.1) is 5.92 Å². The van der Waals surface area contributed by atoms with Crippen molar-refractivity contribution >= 4 is 34.7 Å². The molecule has 1 aliphatic heterocycles. The van der Waals surface area contributed by atoms with Crippen LogP contribution in [0.15, 0.2) is 30.5 Å². The predicted octanol–water partition coefficient (Wildman–Crippen LogP) is 4.33. The van der Waals surface area contributed by atoms with E-state index in [9.17, 15) is 9.59 Å². The zero-order chi connectivity index (χ0) is 24.4. The van der Waals surface area contributed by atoms with E-state index in [2.05, 4.69) is 41.3 Å². The van der Waals surface area contributed by atoms with E-state index in [-0.39, 0.29) is 17.9 Å². The molecule has 34 heavy (non-hydrogen) atoms. The fourth-order valence-corrected chi connectivity index (χ4v) is 4.28. The minimum atomic E-state index is -0.190. The molecule has 1 aromatic heterocycles. The highest BCUT2D eigenvalue weighted by molar-refractivity contribution is 6.05. The summed E-state index contributed by atoms with van der Waals surface area (Å²) in [5.74, 6) is 1.77. The zero-order valence-electron chi connectivity index (χ0n) is 20.7. The smallest absolute Gasteiger partial charge is 0.251 e. The fraction of sp³-hybridized carbons (Fsp3) is 0.500. The number of fused-ring (bicyclic) bond motifs is 1. The monoisotopic (exact) mass is 465 g/mol. The van der Waals surface area contributed by atoms with Crippen LogP contribution >= 0.6 is 0 Å². The lowest BCUT2D eigenvalue weighted by atomic mass is 10.0. The number of aromatic nitrogens is 1. The highest BCUT2D eigenvalue weighted by Crippen LogP contribution is 2.39. The van der Waals surface area contributed by atoms with E-state index in [1.807, 2.05) is 19.2 Å². The molecule has 1 unspecified atom stereocenters. The van der Waals surface area contributed by atoms with Crippen molar-refractivity contribution in [3.63, 3.8) is 0 Å². The zero-order valence-corrected chi connectivity index (χ0v) is 20.7. The maximum atomic E-state index is 13.0. The number of pyridine rings is 1. The van der Waals surface area contributed by atoms with Crippen molar-refractivity contribution in [2.24, 2.45) is 5.92 Å². The highest BCUT2D eigenvalue weighted by Gasteiger charge is 2.35. The molecule has 1 atom stereocenters.